The molecule has 0 aliphatic carbocycles. The van der Waals surface area contributed by atoms with E-state index in [1.807, 2.05) is 0 Å². The first-order valence-corrected chi connectivity index (χ1v) is 2.46. The Balaban J connectivity index is 2.29. The number of carbonyl (C=O) groups excluding carboxylic acids is 1. The van der Waals surface area contributed by atoms with Crippen molar-refractivity contribution in [1.82, 2.24) is 0 Å². The zero-order valence-corrected chi connectivity index (χ0v) is 4.93. The molecular formula is C5H8O3. The lowest BCUT2D eigenvalue weighted by Crippen LogP contribution is -2.14. The minimum absolute atomic E-state index is 0.287. The van der Waals surface area contributed by atoms with E-state index in [9.17, 15) is 4.79 Å². The molecule has 1 atom stereocenters. The maximum Gasteiger partial charge on any atom is 0.305 e. The monoisotopic (exact) mass is 116 g/mol. The van der Waals surface area contributed by atoms with E-state index in [1.54, 1.807) is 6.92 Å². The molecule has 1 unspecified atom stereocenters. The van der Waals surface area contributed by atoms with Gasteiger partial charge in [-0.15, -0.1) is 0 Å². The highest BCUT2D eigenvalue weighted by molar-refractivity contribution is 5.66. The van der Waals surface area contributed by atoms with Gasteiger partial charge in [0.05, 0.1) is 0 Å². The summed E-state index contributed by atoms with van der Waals surface area (Å²) < 4.78 is 9.45. The van der Waals surface area contributed by atoms with E-state index < -0.39 is 5.79 Å². The molecule has 0 aromatic carbocycles. The third kappa shape index (κ3) is 1.20. The number of epoxide rings is 1. The maximum atomic E-state index is 10.2. The van der Waals surface area contributed by atoms with Crippen molar-refractivity contribution in [2.24, 2.45) is 0 Å². The summed E-state index contributed by atoms with van der Waals surface area (Å²) in [6, 6.07) is 0. The van der Waals surface area contributed by atoms with Gasteiger partial charge in [-0.3, -0.25) is 4.79 Å². The molecule has 1 aliphatic heterocycles. The highest BCUT2D eigenvalue weighted by Gasteiger charge is 2.43. The van der Waals surface area contributed by atoms with E-state index >= 15 is 0 Å². The molecule has 1 rings (SSSR count). The molecule has 1 heterocycles. The second-order valence-electron chi connectivity index (χ2n) is 2.02. The summed E-state index contributed by atoms with van der Waals surface area (Å²) in [5.74, 6) is -0.865. The van der Waals surface area contributed by atoms with Gasteiger partial charge in [-0.1, -0.05) is 0 Å². The van der Waals surface area contributed by atoms with E-state index in [4.69, 9.17) is 4.74 Å². The summed E-state index contributed by atoms with van der Waals surface area (Å²) in [6.45, 7) is 3.63. The molecular weight excluding hydrogens is 108 g/mol. The van der Waals surface area contributed by atoms with Crippen LogP contribution in [-0.4, -0.2) is 18.4 Å². The van der Waals surface area contributed by atoms with Gasteiger partial charge in [0.1, 0.15) is 6.61 Å². The number of ether oxygens (including phenoxy) is 2. The van der Waals surface area contributed by atoms with Crippen LogP contribution in [0.5, 0.6) is 0 Å². The van der Waals surface area contributed by atoms with Gasteiger partial charge < -0.3 is 9.47 Å². The van der Waals surface area contributed by atoms with Gasteiger partial charge in [-0.05, 0) is 0 Å². The summed E-state index contributed by atoms with van der Waals surface area (Å²) in [4.78, 5) is 10.2. The molecule has 0 aromatic heterocycles. The van der Waals surface area contributed by atoms with Crippen molar-refractivity contribution in [3.05, 3.63) is 0 Å². The molecule has 0 saturated carbocycles. The van der Waals surface area contributed by atoms with Crippen molar-refractivity contribution in [3.63, 3.8) is 0 Å². The van der Waals surface area contributed by atoms with Gasteiger partial charge in [0, 0.05) is 13.8 Å². The van der Waals surface area contributed by atoms with Crippen molar-refractivity contribution < 1.29 is 14.3 Å². The second kappa shape index (κ2) is 1.45. The molecule has 0 amide bonds. The highest BCUT2D eigenvalue weighted by Crippen LogP contribution is 2.26. The molecule has 1 saturated heterocycles. The average molecular weight is 116 g/mol. The van der Waals surface area contributed by atoms with Crippen LogP contribution in [0.3, 0.4) is 0 Å². The molecule has 1 aliphatic rings. The van der Waals surface area contributed by atoms with Crippen LogP contribution in [0.4, 0.5) is 0 Å². The standard InChI is InChI=1S/C5H8O3/c1-4(6)8-5(2)3-7-5/h3H2,1-2H3. The fourth-order valence-corrected chi connectivity index (χ4v) is 0.465. The molecule has 46 valence electrons. The van der Waals surface area contributed by atoms with E-state index in [1.165, 1.54) is 6.92 Å². The van der Waals surface area contributed by atoms with Crippen LogP contribution in [0.1, 0.15) is 13.8 Å². The molecule has 0 aromatic rings. The number of carbonyl (C=O) groups is 1. The Labute approximate surface area is 47.6 Å². The Bertz CT molecular complexity index is 115. The first kappa shape index (κ1) is 5.56. The Hall–Kier alpha value is -0.570. The van der Waals surface area contributed by atoms with Gasteiger partial charge in [0.2, 0.25) is 5.79 Å². The maximum absolute atomic E-state index is 10.2. The third-order valence-electron chi connectivity index (χ3n) is 0.910. The van der Waals surface area contributed by atoms with Crippen LogP contribution in [0, 0.1) is 0 Å². The number of hydrogen-bond donors (Lipinski definition) is 0. The largest absolute Gasteiger partial charge is 0.431 e. The average Bonchev–Trinajstić information content (AvgIpc) is 2.17. The van der Waals surface area contributed by atoms with Crippen LogP contribution < -0.4 is 0 Å². The molecule has 8 heavy (non-hydrogen) atoms. The van der Waals surface area contributed by atoms with Crippen LogP contribution in [0.2, 0.25) is 0 Å². The molecule has 0 spiro atoms. The fraction of sp³-hybridized carbons (Fsp3) is 0.800. The predicted octanol–water partition coefficient (Wildman–Crippen LogP) is 0.296. The van der Waals surface area contributed by atoms with E-state index in [0.717, 1.165) is 0 Å². The SMILES string of the molecule is CC(=O)OC1(C)CO1. The second-order valence-corrected chi connectivity index (χ2v) is 2.02. The predicted molar refractivity (Wildman–Crippen MR) is 26.1 cm³/mol. The van der Waals surface area contributed by atoms with Crippen molar-refractivity contribution in [2.45, 2.75) is 19.6 Å². The van der Waals surface area contributed by atoms with Gasteiger partial charge in [0.25, 0.3) is 0 Å². The minimum atomic E-state index is -0.578. The summed E-state index contributed by atoms with van der Waals surface area (Å²) in [5, 5.41) is 0. The first-order valence-electron chi connectivity index (χ1n) is 2.46. The summed E-state index contributed by atoms with van der Waals surface area (Å²) in [6.07, 6.45) is 0. The molecule has 0 N–H and O–H groups in total. The zero-order valence-electron chi connectivity index (χ0n) is 4.93. The Morgan fingerprint density at radius 1 is 1.88 bits per heavy atom. The number of esters is 1. The third-order valence-corrected chi connectivity index (χ3v) is 0.910. The topological polar surface area (TPSA) is 38.8 Å². The summed E-state index contributed by atoms with van der Waals surface area (Å²) >= 11 is 0. The molecule has 0 radical (unpaired) electrons. The number of rotatable bonds is 1. The lowest BCUT2D eigenvalue weighted by molar-refractivity contribution is -0.154. The molecule has 0 bridgehead atoms. The van der Waals surface area contributed by atoms with Crippen molar-refractivity contribution in [1.29, 1.82) is 0 Å². The molecule has 3 nitrogen and oxygen atoms in total. The van der Waals surface area contributed by atoms with E-state index in [0.29, 0.717) is 6.61 Å². The van der Waals surface area contributed by atoms with Crippen LogP contribution >= 0.6 is 0 Å². The lowest BCUT2D eigenvalue weighted by atomic mass is 10.5. The van der Waals surface area contributed by atoms with Crippen LogP contribution in [0.25, 0.3) is 0 Å². The Kier molecular flexibility index (Phi) is 1.01. The van der Waals surface area contributed by atoms with Gasteiger partial charge >= 0.3 is 5.97 Å². The van der Waals surface area contributed by atoms with Crippen molar-refractivity contribution in [2.75, 3.05) is 6.61 Å². The normalized spacial score (nSPS) is 34.2. The minimum Gasteiger partial charge on any atom is -0.431 e. The molecule has 3 heteroatoms. The van der Waals surface area contributed by atoms with E-state index in [2.05, 4.69) is 4.74 Å². The van der Waals surface area contributed by atoms with Gasteiger partial charge in [0.15, 0.2) is 0 Å². The molecule has 1 fully saturated rings. The summed E-state index contributed by atoms with van der Waals surface area (Å²) in [7, 11) is 0. The number of hydrogen-bond acceptors (Lipinski definition) is 3. The van der Waals surface area contributed by atoms with Crippen molar-refractivity contribution >= 4 is 5.97 Å². The quantitative estimate of drug-likeness (QED) is 0.365. The first-order chi connectivity index (χ1) is 3.62. The smallest absolute Gasteiger partial charge is 0.305 e. The van der Waals surface area contributed by atoms with Crippen LogP contribution in [0.15, 0.2) is 0 Å². The zero-order chi connectivity index (χ0) is 6.20. The highest BCUT2D eigenvalue weighted by atomic mass is 16.8. The Morgan fingerprint density at radius 2 is 2.38 bits per heavy atom. The fourth-order valence-electron chi connectivity index (χ4n) is 0.465. The van der Waals surface area contributed by atoms with E-state index in [-0.39, 0.29) is 5.97 Å². The van der Waals surface area contributed by atoms with Gasteiger partial charge in [-0.2, -0.15) is 0 Å². The summed E-state index contributed by atoms with van der Waals surface area (Å²) in [5.41, 5.74) is 0. The van der Waals surface area contributed by atoms with Crippen LogP contribution in [-0.2, 0) is 14.3 Å². The Morgan fingerprint density at radius 3 is 2.50 bits per heavy atom. The van der Waals surface area contributed by atoms with Gasteiger partial charge in [-0.25, -0.2) is 0 Å². The van der Waals surface area contributed by atoms with Crippen molar-refractivity contribution in [3.8, 4) is 0 Å². The lowest BCUT2D eigenvalue weighted by Gasteiger charge is -2.02.